The normalized spacial score (nSPS) is 19.3. The number of carbonyl (C=O) groups is 2. The highest BCUT2D eigenvalue weighted by Crippen LogP contribution is 2.25. The van der Waals surface area contributed by atoms with Gasteiger partial charge in [-0.2, -0.15) is 0 Å². The molecule has 0 radical (unpaired) electrons. The van der Waals surface area contributed by atoms with Gasteiger partial charge in [0.15, 0.2) is 0 Å². The van der Waals surface area contributed by atoms with Crippen LogP contribution in [0.1, 0.15) is 24.5 Å². The summed E-state index contributed by atoms with van der Waals surface area (Å²) in [5.74, 6) is -1.32. The van der Waals surface area contributed by atoms with Gasteiger partial charge in [0, 0.05) is 18.9 Å². The fraction of sp³-hybridized carbons (Fsp3) is 0.467. The van der Waals surface area contributed by atoms with Crippen molar-refractivity contribution in [3.05, 3.63) is 35.4 Å². The molecule has 20 heavy (non-hydrogen) atoms. The summed E-state index contributed by atoms with van der Waals surface area (Å²) >= 11 is 0. The van der Waals surface area contributed by atoms with Gasteiger partial charge in [-0.15, -0.1) is 0 Å². The largest absolute Gasteiger partial charge is 0.480 e. The Balaban J connectivity index is 2.26. The van der Waals surface area contributed by atoms with Gasteiger partial charge in [-0.25, -0.2) is 4.79 Å². The highest BCUT2D eigenvalue weighted by molar-refractivity contribution is 5.85. The standard InChI is InChI=1S/C15H20N2O3/c1-10(6-7-16)14(18)17-9-12-5-3-2-4-11(12)8-13(17)15(19)20/h2-5,10,13H,6-9,16H2,1H3,(H,19,20)/t10?,13-/m1/s1. The molecule has 1 heterocycles. The molecule has 1 aromatic rings. The first-order chi connectivity index (χ1) is 9.54. The van der Waals surface area contributed by atoms with Gasteiger partial charge in [-0.05, 0) is 24.1 Å². The van der Waals surface area contributed by atoms with E-state index in [4.69, 9.17) is 5.73 Å². The molecule has 5 nitrogen and oxygen atoms in total. The zero-order valence-electron chi connectivity index (χ0n) is 11.6. The Morgan fingerprint density at radius 1 is 1.40 bits per heavy atom. The van der Waals surface area contributed by atoms with Crippen molar-refractivity contribution < 1.29 is 14.7 Å². The zero-order chi connectivity index (χ0) is 14.7. The number of rotatable bonds is 4. The van der Waals surface area contributed by atoms with Crippen LogP contribution in [0.5, 0.6) is 0 Å². The van der Waals surface area contributed by atoms with Crippen LogP contribution in [-0.2, 0) is 22.6 Å². The number of carbonyl (C=O) groups excluding carboxylic acids is 1. The summed E-state index contributed by atoms with van der Waals surface area (Å²) in [5, 5.41) is 9.38. The molecule has 0 fully saturated rings. The minimum Gasteiger partial charge on any atom is -0.480 e. The lowest BCUT2D eigenvalue weighted by Gasteiger charge is -2.36. The van der Waals surface area contributed by atoms with Crippen molar-refractivity contribution in [2.75, 3.05) is 6.54 Å². The van der Waals surface area contributed by atoms with E-state index >= 15 is 0 Å². The highest BCUT2D eigenvalue weighted by Gasteiger charge is 2.35. The average Bonchev–Trinajstić information content (AvgIpc) is 2.45. The van der Waals surface area contributed by atoms with Gasteiger partial charge in [0.25, 0.3) is 0 Å². The number of hydrogen-bond donors (Lipinski definition) is 2. The van der Waals surface area contributed by atoms with Crippen LogP contribution in [0.15, 0.2) is 24.3 Å². The van der Waals surface area contributed by atoms with Gasteiger partial charge in [-0.3, -0.25) is 4.79 Å². The SMILES string of the molecule is CC(CCN)C(=O)N1Cc2ccccc2C[C@@H]1C(=O)O. The molecule has 0 bridgehead atoms. The summed E-state index contributed by atoms with van der Waals surface area (Å²) in [4.78, 5) is 25.3. The van der Waals surface area contributed by atoms with Crippen molar-refractivity contribution in [3.63, 3.8) is 0 Å². The first-order valence-electron chi connectivity index (χ1n) is 6.84. The molecule has 2 rings (SSSR count). The van der Waals surface area contributed by atoms with E-state index in [1.807, 2.05) is 24.3 Å². The average molecular weight is 276 g/mol. The maximum atomic E-state index is 12.4. The minimum atomic E-state index is -0.951. The molecule has 3 N–H and O–H groups in total. The summed E-state index contributed by atoms with van der Waals surface area (Å²) in [5.41, 5.74) is 7.52. The lowest BCUT2D eigenvalue weighted by atomic mass is 9.92. The Labute approximate surface area is 118 Å². The molecule has 0 aromatic heterocycles. The van der Waals surface area contributed by atoms with E-state index in [1.54, 1.807) is 6.92 Å². The molecule has 1 aliphatic rings. The molecule has 1 unspecified atom stereocenters. The van der Waals surface area contributed by atoms with Crippen LogP contribution >= 0.6 is 0 Å². The topological polar surface area (TPSA) is 83.6 Å². The number of carboxylic acids is 1. The lowest BCUT2D eigenvalue weighted by molar-refractivity contribution is -0.153. The molecule has 0 aliphatic carbocycles. The van der Waals surface area contributed by atoms with Gasteiger partial charge < -0.3 is 15.7 Å². The molecule has 1 amide bonds. The molecule has 0 saturated heterocycles. The minimum absolute atomic E-state index is 0.127. The molecular formula is C15H20N2O3. The summed E-state index contributed by atoms with van der Waals surface area (Å²) in [6.45, 7) is 2.59. The molecule has 5 heteroatoms. The number of carboxylic acid groups (broad SMARTS) is 1. The monoisotopic (exact) mass is 276 g/mol. The van der Waals surface area contributed by atoms with Crippen molar-refractivity contribution in [1.82, 2.24) is 4.90 Å². The molecule has 0 saturated carbocycles. The van der Waals surface area contributed by atoms with E-state index in [1.165, 1.54) is 4.90 Å². The lowest BCUT2D eigenvalue weighted by Crippen LogP contribution is -2.50. The molecule has 0 spiro atoms. The van der Waals surface area contributed by atoms with Crippen molar-refractivity contribution in [1.29, 1.82) is 0 Å². The Morgan fingerprint density at radius 3 is 2.65 bits per heavy atom. The van der Waals surface area contributed by atoms with Crippen LogP contribution < -0.4 is 5.73 Å². The second-order valence-corrected chi connectivity index (χ2v) is 5.27. The number of aliphatic carboxylic acids is 1. The molecule has 1 aromatic carbocycles. The Bertz CT molecular complexity index is 516. The summed E-state index contributed by atoms with van der Waals surface area (Å²) in [6.07, 6.45) is 0.940. The summed E-state index contributed by atoms with van der Waals surface area (Å²) < 4.78 is 0. The quantitative estimate of drug-likeness (QED) is 0.859. The smallest absolute Gasteiger partial charge is 0.326 e. The van der Waals surface area contributed by atoms with Gasteiger partial charge in [-0.1, -0.05) is 31.2 Å². The second kappa shape index (κ2) is 6.05. The Morgan fingerprint density at radius 2 is 2.05 bits per heavy atom. The van der Waals surface area contributed by atoms with Crippen molar-refractivity contribution in [3.8, 4) is 0 Å². The van der Waals surface area contributed by atoms with Crippen LogP contribution in [-0.4, -0.2) is 34.5 Å². The van der Waals surface area contributed by atoms with Gasteiger partial charge >= 0.3 is 5.97 Å². The first-order valence-corrected chi connectivity index (χ1v) is 6.84. The summed E-state index contributed by atoms with van der Waals surface area (Å²) in [6, 6.07) is 6.90. The van der Waals surface area contributed by atoms with Gasteiger partial charge in [0.2, 0.25) is 5.91 Å². The van der Waals surface area contributed by atoms with E-state index in [-0.39, 0.29) is 11.8 Å². The maximum Gasteiger partial charge on any atom is 0.326 e. The van der Waals surface area contributed by atoms with Crippen molar-refractivity contribution in [2.24, 2.45) is 11.7 Å². The molecule has 2 atom stereocenters. The van der Waals surface area contributed by atoms with Crippen LogP contribution in [0.3, 0.4) is 0 Å². The third kappa shape index (κ3) is 2.82. The molecule has 1 aliphatic heterocycles. The van der Waals surface area contributed by atoms with Crippen LogP contribution in [0, 0.1) is 5.92 Å². The predicted molar refractivity (Wildman–Crippen MR) is 75.0 cm³/mol. The Kier molecular flexibility index (Phi) is 4.39. The zero-order valence-corrected chi connectivity index (χ0v) is 11.6. The highest BCUT2D eigenvalue weighted by atomic mass is 16.4. The fourth-order valence-electron chi connectivity index (χ4n) is 2.63. The second-order valence-electron chi connectivity index (χ2n) is 5.27. The number of hydrogen-bond acceptors (Lipinski definition) is 3. The number of benzene rings is 1. The summed E-state index contributed by atoms with van der Waals surface area (Å²) in [7, 11) is 0. The van der Waals surface area contributed by atoms with E-state index in [2.05, 4.69) is 0 Å². The predicted octanol–water partition coefficient (Wildman–Crippen LogP) is 1.01. The maximum absolute atomic E-state index is 12.4. The number of nitrogens with two attached hydrogens (primary N) is 1. The van der Waals surface area contributed by atoms with E-state index in [0.29, 0.717) is 25.9 Å². The fourth-order valence-corrected chi connectivity index (χ4v) is 2.63. The first kappa shape index (κ1) is 14.5. The van der Waals surface area contributed by atoms with Crippen LogP contribution in [0.4, 0.5) is 0 Å². The van der Waals surface area contributed by atoms with Crippen LogP contribution in [0.2, 0.25) is 0 Å². The number of amides is 1. The van der Waals surface area contributed by atoms with E-state index in [9.17, 15) is 14.7 Å². The third-order valence-electron chi connectivity index (χ3n) is 3.84. The molecular weight excluding hydrogens is 256 g/mol. The van der Waals surface area contributed by atoms with E-state index in [0.717, 1.165) is 11.1 Å². The van der Waals surface area contributed by atoms with Crippen LogP contribution in [0.25, 0.3) is 0 Å². The van der Waals surface area contributed by atoms with Gasteiger partial charge in [0.1, 0.15) is 6.04 Å². The van der Waals surface area contributed by atoms with Gasteiger partial charge in [0.05, 0.1) is 0 Å². The number of fused-ring (bicyclic) bond motifs is 1. The number of nitrogens with zero attached hydrogens (tertiary/aromatic N) is 1. The van der Waals surface area contributed by atoms with E-state index < -0.39 is 12.0 Å². The Hall–Kier alpha value is -1.88. The molecule has 108 valence electrons. The van der Waals surface area contributed by atoms with Crippen molar-refractivity contribution >= 4 is 11.9 Å². The third-order valence-corrected chi connectivity index (χ3v) is 3.84. The van der Waals surface area contributed by atoms with Crippen molar-refractivity contribution in [2.45, 2.75) is 32.4 Å².